The molecule has 1 aromatic carbocycles. The number of nitrogens with two attached hydrogens (primary N) is 1. The van der Waals surface area contributed by atoms with Crippen molar-refractivity contribution in [1.82, 2.24) is 4.90 Å². The third-order valence-corrected chi connectivity index (χ3v) is 3.94. The minimum atomic E-state index is -0.611. The van der Waals surface area contributed by atoms with Gasteiger partial charge in [0, 0.05) is 13.1 Å². The smallest absolute Gasteiger partial charge is 0.239 e. The summed E-state index contributed by atoms with van der Waals surface area (Å²) < 4.78 is 0. The predicted octanol–water partition coefficient (Wildman–Crippen LogP) is 0.491. The first-order chi connectivity index (χ1) is 9.47. The zero-order valence-electron chi connectivity index (χ0n) is 11.7. The number of β-amino-alcohol motifs (C(OH)–C–C–N with tert-alkyl or cyclic N) is 1. The van der Waals surface area contributed by atoms with Crippen LogP contribution in [0.1, 0.15) is 18.9 Å². The lowest BCUT2D eigenvalue weighted by molar-refractivity contribution is -0.136. The normalized spacial score (nSPS) is 24.4. The van der Waals surface area contributed by atoms with Gasteiger partial charge in [-0.3, -0.25) is 4.79 Å². The maximum absolute atomic E-state index is 12.3. The Balaban J connectivity index is 1.93. The Labute approximate surface area is 119 Å². The maximum atomic E-state index is 12.3. The van der Waals surface area contributed by atoms with E-state index < -0.39 is 12.1 Å². The molecule has 1 fully saturated rings. The Morgan fingerprint density at radius 2 is 2.10 bits per heavy atom. The van der Waals surface area contributed by atoms with Crippen LogP contribution in [0.3, 0.4) is 0 Å². The van der Waals surface area contributed by atoms with Crippen molar-refractivity contribution in [3.63, 3.8) is 0 Å². The number of hydrogen-bond donors (Lipinski definition) is 3. The fraction of sp³-hybridized carbons (Fsp3) is 0.533. The van der Waals surface area contributed by atoms with Crippen molar-refractivity contribution in [3.05, 3.63) is 29.8 Å². The van der Waals surface area contributed by atoms with Gasteiger partial charge in [0.1, 0.15) is 5.75 Å². The lowest BCUT2D eigenvalue weighted by atomic mass is 9.95. The second kappa shape index (κ2) is 6.24. The van der Waals surface area contributed by atoms with Crippen LogP contribution in [0.4, 0.5) is 0 Å². The molecule has 0 spiro atoms. The number of rotatable bonds is 3. The van der Waals surface area contributed by atoms with Gasteiger partial charge < -0.3 is 20.8 Å². The van der Waals surface area contributed by atoms with Crippen LogP contribution in [0, 0.1) is 5.92 Å². The van der Waals surface area contributed by atoms with E-state index >= 15 is 0 Å². The van der Waals surface area contributed by atoms with Crippen molar-refractivity contribution in [3.8, 4) is 5.75 Å². The zero-order chi connectivity index (χ0) is 14.7. The Kier molecular flexibility index (Phi) is 4.62. The van der Waals surface area contributed by atoms with Crippen LogP contribution >= 0.6 is 0 Å². The van der Waals surface area contributed by atoms with Crippen LogP contribution in [0.15, 0.2) is 24.3 Å². The Bertz CT molecular complexity index is 461. The molecule has 2 unspecified atom stereocenters. The van der Waals surface area contributed by atoms with Gasteiger partial charge >= 0.3 is 0 Å². The molecule has 5 heteroatoms. The number of piperidine rings is 1. The lowest BCUT2D eigenvalue weighted by Crippen LogP contribution is -2.52. The standard InChI is InChI=1S/C15H22N2O3/c1-10-6-7-17(9-14(10)19)15(20)13(16)8-11-2-4-12(18)5-3-11/h2-5,10,13-14,18-19H,6-9,16H2,1H3/t10?,13-,14?/m0/s1. The van der Waals surface area contributed by atoms with Crippen LogP contribution < -0.4 is 5.73 Å². The molecule has 0 aliphatic carbocycles. The minimum absolute atomic E-state index is 0.121. The number of amides is 1. The van der Waals surface area contributed by atoms with E-state index in [4.69, 9.17) is 5.73 Å². The van der Waals surface area contributed by atoms with Gasteiger partial charge in [0.25, 0.3) is 0 Å². The molecule has 1 heterocycles. The van der Waals surface area contributed by atoms with Gasteiger partial charge in [-0.25, -0.2) is 0 Å². The highest BCUT2D eigenvalue weighted by atomic mass is 16.3. The number of phenolic OH excluding ortho intramolecular Hbond substituents is 1. The van der Waals surface area contributed by atoms with E-state index in [1.54, 1.807) is 29.2 Å². The third kappa shape index (κ3) is 3.49. The van der Waals surface area contributed by atoms with Crippen molar-refractivity contribution >= 4 is 5.91 Å². The maximum Gasteiger partial charge on any atom is 0.239 e. The number of aromatic hydroxyl groups is 1. The number of carbonyl (C=O) groups excluding carboxylic acids is 1. The van der Waals surface area contributed by atoms with Gasteiger partial charge in [0.2, 0.25) is 5.91 Å². The molecule has 110 valence electrons. The van der Waals surface area contributed by atoms with Crippen LogP contribution in [0.25, 0.3) is 0 Å². The topological polar surface area (TPSA) is 86.8 Å². The van der Waals surface area contributed by atoms with E-state index in [0.717, 1.165) is 12.0 Å². The van der Waals surface area contributed by atoms with Gasteiger partial charge in [0.05, 0.1) is 12.1 Å². The van der Waals surface area contributed by atoms with E-state index in [-0.39, 0.29) is 17.6 Å². The summed E-state index contributed by atoms with van der Waals surface area (Å²) in [6.45, 7) is 3.01. The molecule has 0 saturated carbocycles. The molecule has 4 N–H and O–H groups in total. The molecule has 3 atom stereocenters. The summed E-state index contributed by atoms with van der Waals surface area (Å²) in [7, 11) is 0. The van der Waals surface area contributed by atoms with Gasteiger partial charge in [0.15, 0.2) is 0 Å². The molecule has 0 aromatic heterocycles. The van der Waals surface area contributed by atoms with E-state index in [1.807, 2.05) is 6.92 Å². The second-order valence-corrected chi connectivity index (χ2v) is 5.59. The Hall–Kier alpha value is -1.59. The summed E-state index contributed by atoms with van der Waals surface area (Å²) in [5.74, 6) is 0.304. The van der Waals surface area contributed by atoms with E-state index in [2.05, 4.69) is 0 Å². The van der Waals surface area contributed by atoms with E-state index in [1.165, 1.54) is 0 Å². The van der Waals surface area contributed by atoms with Gasteiger partial charge in [-0.2, -0.15) is 0 Å². The highest BCUT2D eigenvalue weighted by molar-refractivity contribution is 5.82. The quantitative estimate of drug-likeness (QED) is 0.751. The number of nitrogens with zero attached hydrogens (tertiary/aromatic N) is 1. The first-order valence-corrected chi connectivity index (χ1v) is 6.97. The van der Waals surface area contributed by atoms with Crippen molar-refractivity contribution in [1.29, 1.82) is 0 Å². The molecule has 1 amide bonds. The van der Waals surface area contributed by atoms with Crippen LogP contribution in [-0.2, 0) is 11.2 Å². The average Bonchev–Trinajstić information content (AvgIpc) is 2.43. The number of carbonyl (C=O) groups is 1. The van der Waals surface area contributed by atoms with Crippen LogP contribution in [-0.4, -0.2) is 46.3 Å². The molecule has 5 nitrogen and oxygen atoms in total. The summed E-state index contributed by atoms with van der Waals surface area (Å²) in [5, 5.41) is 19.1. The number of phenols is 1. The predicted molar refractivity (Wildman–Crippen MR) is 76.2 cm³/mol. The molecule has 0 radical (unpaired) electrons. The molecule has 1 aliphatic heterocycles. The van der Waals surface area contributed by atoms with Gasteiger partial charge in [-0.1, -0.05) is 19.1 Å². The lowest BCUT2D eigenvalue weighted by Gasteiger charge is -2.35. The summed E-state index contributed by atoms with van der Waals surface area (Å²) >= 11 is 0. The number of aliphatic hydroxyl groups is 1. The Morgan fingerprint density at radius 1 is 1.45 bits per heavy atom. The summed E-state index contributed by atoms with van der Waals surface area (Å²) in [6, 6.07) is 6.07. The molecule has 2 rings (SSSR count). The fourth-order valence-corrected chi connectivity index (χ4v) is 2.46. The van der Waals surface area contributed by atoms with Crippen molar-refractivity contribution in [2.45, 2.75) is 31.9 Å². The van der Waals surface area contributed by atoms with Gasteiger partial charge in [-0.05, 0) is 36.5 Å². The average molecular weight is 278 g/mol. The largest absolute Gasteiger partial charge is 0.508 e. The molecule has 1 aromatic rings. The number of aliphatic hydroxyl groups excluding tert-OH is 1. The molecule has 0 bridgehead atoms. The van der Waals surface area contributed by atoms with Crippen molar-refractivity contribution in [2.24, 2.45) is 11.7 Å². The molecular formula is C15H22N2O3. The SMILES string of the molecule is CC1CCN(C(=O)[C@@H](N)Cc2ccc(O)cc2)CC1O. The first kappa shape index (κ1) is 14.8. The third-order valence-electron chi connectivity index (χ3n) is 3.94. The highest BCUT2D eigenvalue weighted by Gasteiger charge is 2.29. The van der Waals surface area contributed by atoms with E-state index in [9.17, 15) is 15.0 Å². The number of benzene rings is 1. The van der Waals surface area contributed by atoms with Crippen molar-refractivity contribution in [2.75, 3.05) is 13.1 Å². The summed E-state index contributed by atoms with van der Waals surface area (Å²) in [4.78, 5) is 13.9. The minimum Gasteiger partial charge on any atom is -0.508 e. The van der Waals surface area contributed by atoms with Crippen molar-refractivity contribution < 1.29 is 15.0 Å². The monoisotopic (exact) mass is 278 g/mol. The molecule has 20 heavy (non-hydrogen) atoms. The number of hydrogen-bond acceptors (Lipinski definition) is 4. The fourth-order valence-electron chi connectivity index (χ4n) is 2.46. The highest BCUT2D eigenvalue weighted by Crippen LogP contribution is 2.18. The zero-order valence-corrected chi connectivity index (χ0v) is 11.7. The van der Waals surface area contributed by atoms with Crippen LogP contribution in [0.2, 0.25) is 0 Å². The molecule has 1 aliphatic rings. The second-order valence-electron chi connectivity index (χ2n) is 5.59. The summed E-state index contributed by atoms with van der Waals surface area (Å²) in [5.41, 5.74) is 6.87. The molecule has 1 saturated heterocycles. The summed E-state index contributed by atoms with van der Waals surface area (Å²) in [6.07, 6.45) is 0.772. The van der Waals surface area contributed by atoms with Crippen LogP contribution in [0.5, 0.6) is 5.75 Å². The van der Waals surface area contributed by atoms with E-state index in [0.29, 0.717) is 19.5 Å². The number of likely N-dealkylation sites (tertiary alicyclic amines) is 1. The first-order valence-electron chi connectivity index (χ1n) is 6.97. The molecular weight excluding hydrogens is 256 g/mol. The Morgan fingerprint density at radius 3 is 2.70 bits per heavy atom. The van der Waals surface area contributed by atoms with Gasteiger partial charge in [-0.15, -0.1) is 0 Å².